The van der Waals surface area contributed by atoms with E-state index in [1.165, 1.54) is 11.3 Å². The highest BCUT2D eigenvalue weighted by molar-refractivity contribution is 7.86. The van der Waals surface area contributed by atoms with E-state index < -0.39 is 10.1 Å². The van der Waals surface area contributed by atoms with Crippen LogP contribution in [0.4, 0.5) is 0 Å². The van der Waals surface area contributed by atoms with Crippen LogP contribution in [-0.4, -0.2) is 44.7 Å². The average molecular weight is 396 g/mol. The molecule has 0 aliphatic carbocycles. The van der Waals surface area contributed by atoms with Crippen LogP contribution in [0.25, 0.3) is 0 Å². The Labute approximate surface area is 157 Å². The number of carbonyl (C=O) groups excluding carboxylic acids is 1. The molecule has 1 saturated heterocycles. The van der Waals surface area contributed by atoms with Crippen molar-refractivity contribution >= 4 is 27.4 Å². The first kappa shape index (κ1) is 18.9. The first-order chi connectivity index (χ1) is 12.4. The van der Waals surface area contributed by atoms with E-state index in [1.54, 1.807) is 29.2 Å². The Bertz CT molecular complexity index is 825. The topological polar surface area (TPSA) is 72.9 Å². The third kappa shape index (κ3) is 5.30. The lowest BCUT2D eigenvalue weighted by Gasteiger charge is -2.25. The molecule has 8 heteroatoms. The van der Waals surface area contributed by atoms with Crippen molar-refractivity contribution in [3.05, 3.63) is 52.2 Å². The fourth-order valence-corrected chi connectivity index (χ4v) is 4.01. The van der Waals surface area contributed by atoms with Crippen LogP contribution < -0.4 is 4.18 Å². The van der Waals surface area contributed by atoms with Crippen molar-refractivity contribution in [2.45, 2.75) is 25.5 Å². The fraction of sp³-hybridized carbons (Fsp3) is 0.389. The normalized spacial score (nSPS) is 17.2. The van der Waals surface area contributed by atoms with Crippen molar-refractivity contribution in [1.82, 2.24) is 4.90 Å². The van der Waals surface area contributed by atoms with Crippen LogP contribution in [0, 0.1) is 0 Å². The van der Waals surface area contributed by atoms with E-state index in [2.05, 4.69) is 0 Å². The number of nitrogens with zero attached hydrogens (tertiary/aromatic N) is 1. The maximum absolute atomic E-state index is 12.8. The SMILES string of the molecule is CS(=O)(=O)Oc1ccc(CN(C[C@@H]2CCCO2)C(=O)c2cccs2)cc1. The summed E-state index contributed by atoms with van der Waals surface area (Å²) < 4.78 is 32.9. The first-order valence-electron chi connectivity index (χ1n) is 8.33. The van der Waals surface area contributed by atoms with Crippen LogP contribution in [0.3, 0.4) is 0 Å². The number of ether oxygens (including phenoxy) is 1. The van der Waals surface area contributed by atoms with Crippen molar-refractivity contribution < 1.29 is 22.1 Å². The van der Waals surface area contributed by atoms with Gasteiger partial charge in [-0.2, -0.15) is 8.42 Å². The molecule has 140 valence electrons. The summed E-state index contributed by atoms with van der Waals surface area (Å²) in [6.45, 7) is 1.71. The summed E-state index contributed by atoms with van der Waals surface area (Å²) in [4.78, 5) is 15.3. The molecule has 1 aromatic carbocycles. The van der Waals surface area contributed by atoms with E-state index in [4.69, 9.17) is 8.92 Å². The number of hydrogen-bond acceptors (Lipinski definition) is 6. The molecule has 2 heterocycles. The molecule has 0 spiro atoms. The molecule has 0 saturated carbocycles. The Balaban J connectivity index is 1.73. The van der Waals surface area contributed by atoms with Gasteiger partial charge < -0.3 is 13.8 Å². The van der Waals surface area contributed by atoms with Gasteiger partial charge in [0.1, 0.15) is 5.75 Å². The molecule has 1 fully saturated rings. The Hall–Kier alpha value is -1.90. The van der Waals surface area contributed by atoms with E-state index in [0.29, 0.717) is 18.0 Å². The Morgan fingerprint density at radius 2 is 2.08 bits per heavy atom. The van der Waals surface area contributed by atoms with Crippen LogP contribution in [0.5, 0.6) is 5.75 Å². The molecule has 1 atom stereocenters. The number of benzene rings is 1. The maximum Gasteiger partial charge on any atom is 0.306 e. The van der Waals surface area contributed by atoms with E-state index >= 15 is 0 Å². The van der Waals surface area contributed by atoms with Gasteiger partial charge in [0.15, 0.2) is 0 Å². The first-order valence-corrected chi connectivity index (χ1v) is 11.0. The highest BCUT2D eigenvalue weighted by atomic mass is 32.2. The number of rotatable bonds is 7. The molecule has 6 nitrogen and oxygen atoms in total. The Kier molecular flexibility index (Phi) is 5.95. The van der Waals surface area contributed by atoms with Gasteiger partial charge in [-0.1, -0.05) is 18.2 Å². The zero-order valence-corrected chi connectivity index (χ0v) is 16.1. The zero-order chi connectivity index (χ0) is 18.6. The second kappa shape index (κ2) is 8.20. The van der Waals surface area contributed by atoms with Crippen LogP contribution in [0.15, 0.2) is 41.8 Å². The van der Waals surface area contributed by atoms with Crippen LogP contribution in [0.1, 0.15) is 28.1 Å². The third-order valence-electron chi connectivity index (χ3n) is 4.01. The Morgan fingerprint density at radius 1 is 1.31 bits per heavy atom. The standard InChI is InChI=1S/C18H21NO5S2/c1-26(21,22)24-15-8-6-14(7-9-15)12-19(13-16-4-2-10-23-16)18(20)17-5-3-11-25-17/h3,5-9,11,16H,2,4,10,12-13H2,1H3/t16-/m0/s1. The summed E-state index contributed by atoms with van der Waals surface area (Å²) in [5.41, 5.74) is 0.897. The summed E-state index contributed by atoms with van der Waals surface area (Å²) in [6.07, 6.45) is 3.04. The predicted octanol–water partition coefficient (Wildman–Crippen LogP) is 2.91. The van der Waals surface area contributed by atoms with Crippen molar-refractivity contribution in [3.8, 4) is 5.75 Å². The summed E-state index contributed by atoms with van der Waals surface area (Å²) in [5, 5.41) is 1.88. The van der Waals surface area contributed by atoms with E-state index in [-0.39, 0.29) is 17.8 Å². The third-order valence-corrected chi connectivity index (χ3v) is 5.36. The van der Waals surface area contributed by atoms with Crippen molar-refractivity contribution in [3.63, 3.8) is 0 Å². The molecule has 1 aromatic heterocycles. The van der Waals surface area contributed by atoms with Crippen molar-refractivity contribution in [2.24, 2.45) is 0 Å². The van der Waals surface area contributed by atoms with Gasteiger partial charge in [0.25, 0.3) is 5.91 Å². The van der Waals surface area contributed by atoms with E-state index in [1.807, 2.05) is 17.5 Å². The summed E-state index contributed by atoms with van der Waals surface area (Å²) in [7, 11) is -3.55. The second-order valence-corrected chi connectivity index (χ2v) is 8.75. The smallest absolute Gasteiger partial charge is 0.306 e. The van der Waals surface area contributed by atoms with Crippen molar-refractivity contribution in [2.75, 3.05) is 19.4 Å². The molecule has 1 aliphatic rings. The predicted molar refractivity (Wildman–Crippen MR) is 99.9 cm³/mol. The largest absolute Gasteiger partial charge is 0.383 e. The number of carbonyl (C=O) groups is 1. The van der Waals surface area contributed by atoms with Gasteiger partial charge >= 0.3 is 10.1 Å². The molecule has 2 aromatic rings. The molecule has 3 rings (SSSR count). The average Bonchev–Trinajstić information content (AvgIpc) is 3.27. The molecular formula is C18H21NO5S2. The van der Waals surface area contributed by atoms with Gasteiger partial charge in [0.2, 0.25) is 0 Å². The molecule has 1 amide bonds. The van der Waals surface area contributed by atoms with Gasteiger partial charge in [-0.05, 0) is 42.0 Å². The summed E-state index contributed by atoms with van der Waals surface area (Å²) >= 11 is 1.42. The minimum absolute atomic E-state index is 0.0213. The monoisotopic (exact) mass is 395 g/mol. The Morgan fingerprint density at radius 3 is 2.65 bits per heavy atom. The molecule has 0 bridgehead atoms. The number of amides is 1. The zero-order valence-electron chi connectivity index (χ0n) is 14.5. The van der Waals surface area contributed by atoms with Gasteiger partial charge in [-0.25, -0.2) is 0 Å². The van der Waals surface area contributed by atoms with Crippen LogP contribution in [-0.2, 0) is 21.4 Å². The molecule has 26 heavy (non-hydrogen) atoms. The van der Waals surface area contributed by atoms with E-state index in [0.717, 1.165) is 31.3 Å². The molecular weight excluding hydrogens is 374 g/mol. The van der Waals surface area contributed by atoms with Gasteiger partial charge in [-0.3, -0.25) is 4.79 Å². The lowest BCUT2D eigenvalue weighted by atomic mass is 10.1. The van der Waals surface area contributed by atoms with E-state index in [9.17, 15) is 13.2 Å². The quantitative estimate of drug-likeness (QED) is 0.674. The van der Waals surface area contributed by atoms with Gasteiger partial charge in [0.05, 0.1) is 17.2 Å². The van der Waals surface area contributed by atoms with Crippen LogP contribution >= 0.6 is 11.3 Å². The lowest BCUT2D eigenvalue weighted by Crippen LogP contribution is -2.36. The van der Waals surface area contributed by atoms with Gasteiger partial charge in [-0.15, -0.1) is 11.3 Å². The maximum atomic E-state index is 12.8. The minimum atomic E-state index is -3.55. The molecule has 0 radical (unpaired) electrons. The summed E-state index contributed by atoms with van der Waals surface area (Å²) in [6, 6.07) is 10.4. The molecule has 0 N–H and O–H groups in total. The molecule has 0 unspecified atom stereocenters. The molecule has 1 aliphatic heterocycles. The highest BCUT2D eigenvalue weighted by Gasteiger charge is 2.24. The van der Waals surface area contributed by atoms with Crippen LogP contribution in [0.2, 0.25) is 0 Å². The lowest BCUT2D eigenvalue weighted by molar-refractivity contribution is 0.0511. The summed E-state index contributed by atoms with van der Waals surface area (Å²) in [5.74, 6) is 0.235. The second-order valence-electron chi connectivity index (χ2n) is 6.23. The number of thiophene rings is 1. The minimum Gasteiger partial charge on any atom is -0.383 e. The van der Waals surface area contributed by atoms with Gasteiger partial charge in [0, 0.05) is 19.7 Å². The highest BCUT2D eigenvalue weighted by Crippen LogP contribution is 2.21. The fourth-order valence-electron chi connectivity index (χ4n) is 2.86. The van der Waals surface area contributed by atoms with Crippen molar-refractivity contribution in [1.29, 1.82) is 0 Å². The number of hydrogen-bond donors (Lipinski definition) is 0.